The van der Waals surface area contributed by atoms with Crippen molar-refractivity contribution in [3.05, 3.63) is 64.7 Å². The number of nitrogens with zero attached hydrogens (tertiary/aromatic N) is 2. The number of aryl methyl sites for hydroxylation is 1. The molecule has 1 fully saturated rings. The molecule has 2 aromatic carbocycles. The van der Waals surface area contributed by atoms with Gasteiger partial charge in [0.05, 0.1) is 6.54 Å². The van der Waals surface area contributed by atoms with Crippen LogP contribution in [0.25, 0.3) is 0 Å². The lowest BCUT2D eigenvalue weighted by Crippen LogP contribution is -2.55. The van der Waals surface area contributed by atoms with Gasteiger partial charge >= 0.3 is 0 Å². The standard InChI is InChI=1S/C28H38N4O3/c1-19-8-7-9-24(20(19)2)30-25(33)18-31-14-16-32(17-15-31)27(35)21(3)29-26(34)22-10-12-23(13-11-22)28(4,5)6/h7-13,21H,14-18H2,1-6H3,(H,29,34)(H,30,33). The molecule has 1 atom stereocenters. The number of piperazine rings is 1. The molecule has 0 bridgehead atoms. The zero-order chi connectivity index (χ0) is 25.8. The Labute approximate surface area is 208 Å². The van der Waals surface area contributed by atoms with Gasteiger partial charge in [0.1, 0.15) is 6.04 Å². The summed E-state index contributed by atoms with van der Waals surface area (Å²) in [4.78, 5) is 41.9. The number of anilines is 1. The maximum absolute atomic E-state index is 12.9. The largest absolute Gasteiger partial charge is 0.341 e. The number of amides is 3. The van der Waals surface area contributed by atoms with Crippen LogP contribution in [0.3, 0.4) is 0 Å². The van der Waals surface area contributed by atoms with E-state index in [0.29, 0.717) is 31.7 Å². The Morgan fingerprint density at radius 2 is 1.57 bits per heavy atom. The van der Waals surface area contributed by atoms with Crippen LogP contribution in [0.4, 0.5) is 5.69 Å². The number of carbonyl (C=O) groups is 3. The highest BCUT2D eigenvalue weighted by molar-refractivity contribution is 5.97. The topological polar surface area (TPSA) is 81.8 Å². The average Bonchev–Trinajstić information content (AvgIpc) is 2.81. The van der Waals surface area contributed by atoms with Crippen molar-refractivity contribution in [2.45, 2.75) is 53.0 Å². The van der Waals surface area contributed by atoms with E-state index in [1.54, 1.807) is 24.0 Å². The normalized spacial score (nSPS) is 15.4. The minimum Gasteiger partial charge on any atom is -0.341 e. The zero-order valence-corrected chi connectivity index (χ0v) is 21.8. The second-order valence-corrected chi connectivity index (χ2v) is 10.4. The molecule has 0 saturated carbocycles. The Morgan fingerprint density at radius 3 is 2.17 bits per heavy atom. The molecular formula is C28H38N4O3. The van der Waals surface area contributed by atoms with Crippen LogP contribution >= 0.6 is 0 Å². The van der Waals surface area contributed by atoms with Gasteiger partial charge in [-0.25, -0.2) is 0 Å². The van der Waals surface area contributed by atoms with Crippen LogP contribution in [0.2, 0.25) is 0 Å². The zero-order valence-electron chi connectivity index (χ0n) is 21.8. The Hall–Kier alpha value is -3.19. The summed E-state index contributed by atoms with van der Waals surface area (Å²) in [6.45, 7) is 14.7. The van der Waals surface area contributed by atoms with Crippen molar-refractivity contribution in [1.82, 2.24) is 15.1 Å². The van der Waals surface area contributed by atoms with E-state index in [9.17, 15) is 14.4 Å². The molecule has 1 aliphatic rings. The van der Waals surface area contributed by atoms with Gasteiger partial charge in [0.2, 0.25) is 11.8 Å². The quantitative estimate of drug-likeness (QED) is 0.666. The number of carbonyl (C=O) groups excluding carboxylic acids is 3. The fraction of sp³-hybridized carbons (Fsp3) is 0.464. The molecule has 0 spiro atoms. The summed E-state index contributed by atoms with van der Waals surface area (Å²) in [5.41, 5.74) is 4.74. The summed E-state index contributed by atoms with van der Waals surface area (Å²) in [5.74, 6) is -0.422. The number of benzene rings is 2. The summed E-state index contributed by atoms with van der Waals surface area (Å²) in [5, 5.41) is 5.81. The van der Waals surface area contributed by atoms with Gasteiger partial charge in [-0.1, -0.05) is 45.0 Å². The third-order valence-electron chi connectivity index (χ3n) is 6.66. The predicted octanol–water partition coefficient (Wildman–Crippen LogP) is 3.50. The van der Waals surface area contributed by atoms with Gasteiger partial charge in [0.25, 0.3) is 5.91 Å². The van der Waals surface area contributed by atoms with Crippen LogP contribution in [0.1, 0.15) is 54.7 Å². The first kappa shape index (κ1) is 26.4. The molecule has 7 nitrogen and oxygen atoms in total. The second-order valence-electron chi connectivity index (χ2n) is 10.4. The lowest BCUT2D eigenvalue weighted by molar-refractivity contribution is -0.134. The summed E-state index contributed by atoms with van der Waals surface area (Å²) in [6, 6.07) is 12.8. The van der Waals surface area contributed by atoms with Gasteiger partial charge in [-0.05, 0) is 61.1 Å². The van der Waals surface area contributed by atoms with E-state index < -0.39 is 6.04 Å². The molecule has 0 aromatic heterocycles. The third-order valence-corrected chi connectivity index (χ3v) is 6.66. The first-order chi connectivity index (χ1) is 16.5. The number of hydrogen-bond acceptors (Lipinski definition) is 4. The Kier molecular flexibility index (Phi) is 8.33. The smallest absolute Gasteiger partial charge is 0.251 e. The van der Waals surface area contributed by atoms with Gasteiger partial charge < -0.3 is 15.5 Å². The maximum Gasteiger partial charge on any atom is 0.251 e. The second kappa shape index (κ2) is 11.0. The third kappa shape index (κ3) is 6.92. The van der Waals surface area contributed by atoms with Gasteiger partial charge in [0.15, 0.2) is 0 Å². The van der Waals surface area contributed by atoms with E-state index >= 15 is 0 Å². The van der Waals surface area contributed by atoms with Gasteiger partial charge in [-0.2, -0.15) is 0 Å². The van der Waals surface area contributed by atoms with Crippen molar-refractivity contribution in [2.75, 3.05) is 38.0 Å². The van der Waals surface area contributed by atoms with Gasteiger partial charge in [-0.3, -0.25) is 19.3 Å². The van der Waals surface area contributed by atoms with Crippen LogP contribution in [0.15, 0.2) is 42.5 Å². The van der Waals surface area contributed by atoms with Crippen molar-refractivity contribution in [3.63, 3.8) is 0 Å². The molecule has 3 amide bonds. The van der Waals surface area contributed by atoms with E-state index in [-0.39, 0.29) is 29.7 Å². The monoisotopic (exact) mass is 478 g/mol. The van der Waals surface area contributed by atoms with E-state index in [1.807, 2.05) is 49.1 Å². The number of nitrogens with one attached hydrogen (secondary N) is 2. The molecule has 2 aromatic rings. The summed E-state index contributed by atoms with van der Waals surface area (Å²) in [6.07, 6.45) is 0. The molecule has 1 aliphatic heterocycles. The molecular weight excluding hydrogens is 440 g/mol. The molecule has 3 rings (SSSR count). The van der Waals surface area contributed by atoms with Crippen molar-refractivity contribution >= 4 is 23.4 Å². The van der Waals surface area contributed by atoms with E-state index in [1.165, 1.54) is 0 Å². The van der Waals surface area contributed by atoms with Crippen LogP contribution in [-0.2, 0) is 15.0 Å². The molecule has 1 saturated heterocycles. The van der Waals surface area contributed by atoms with E-state index in [0.717, 1.165) is 22.4 Å². The minimum absolute atomic E-state index is 0.0145. The Morgan fingerprint density at radius 1 is 0.943 bits per heavy atom. The highest BCUT2D eigenvalue weighted by Crippen LogP contribution is 2.22. The van der Waals surface area contributed by atoms with Crippen molar-refractivity contribution in [1.29, 1.82) is 0 Å². The van der Waals surface area contributed by atoms with Crippen molar-refractivity contribution in [3.8, 4) is 0 Å². The Bertz CT molecular complexity index is 1060. The highest BCUT2D eigenvalue weighted by atomic mass is 16.2. The molecule has 2 N–H and O–H groups in total. The molecule has 7 heteroatoms. The van der Waals surface area contributed by atoms with Gasteiger partial charge in [0, 0.05) is 37.4 Å². The van der Waals surface area contributed by atoms with E-state index in [4.69, 9.17) is 0 Å². The maximum atomic E-state index is 12.9. The lowest BCUT2D eigenvalue weighted by atomic mass is 9.86. The molecule has 1 heterocycles. The molecule has 0 radical (unpaired) electrons. The van der Waals surface area contributed by atoms with Crippen molar-refractivity contribution < 1.29 is 14.4 Å². The number of hydrogen-bond donors (Lipinski definition) is 2. The predicted molar refractivity (Wildman–Crippen MR) is 140 cm³/mol. The molecule has 35 heavy (non-hydrogen) atoms. The summed E-state index contributed by atoms with van der Waals surface area (Å²) >= 11 is 0. The summed E-state index contributed by atoms with van der Waals surface area (Å²) < 4.78 is 0. The molecule has 1 unspecified atom stereocenters. The minimum atomic E-state index is -0.621. The lowest BCUT2D eigenvalue weighted by Gasteiger charge is -2.35. The summed E-state index contributed by atoms with van der Waals surface area (Å²) in [7, 11) is 0. The van der Waals surface area contributed by atoms with E-state index in [2.05, 4.69) is 31.4 Å². The number of rotatable bonds is 6. The molecule has 188 valence electrons. The highest BCUT2D eigenvalue weighted by Gasteiger charge is 2.27. The first-order valence-electron chi connectivity index (χ1n) is 12.2. The SMILES string of the molecule is Cc1cccc(NC(=O)CN2CCN(C(=O)C(C)NC(=O)c3ccc(C(C)(C)C)cc3)CC2)c1C. The van der Waals surface area contributed by atoms with Crippen LogP contribution < -0.4 is 10.6 Å². The fourth-order valence-electron chi connectivity index (χ4n) is 4.14. The molecule has 0 aliphatic carbocycles. The van der Waals surface area contributed by atoms with Crippen molar-refractivity contribution in [2.24, 2.45) is 0 Å². The van der Waals surface area contributed by atoms with Crippen LogP contribution in [-0.4, -0.2) is 66.3 Å². The average molecular weight is 479 g/mol. The Balaban J connectivity index is 1.46. The van der Waals surface area contributed by atoms with Crippen LogP contribution in [0.5, 0.6) is 0 Å². The fourth-order valence-corrected chi connectivity index (χ4v) is 4.14. The first-order valence-corrected chi connectivity index (χ1v) is 12.2. The van der Waals surface area contributed by atoms with Crippen LogP contribution in [0, 0.1) is 13.8 Å². The van der Waals surface area contributed by atoms with Gasteiger partial charge in [-0.15, -0.1) is 0 Å².